The van der Waals surface area contributed by atoms with Crippen LogP contribution in [0.15, 0.2) is 36.4 Å². The van der Waals surface area contributed by atoms with Gasteiger partial charge in [0.05, 0.1) is 0 Å². The van der Waals surface area contributed by atoms with E-state index < -0.39 is 0 Å². The van der Waals surface area contributed by atoms with Gasteiger partial charge in [-0.3, -0.25) is 0 Å². The van der Waals surface area contributed by atoms with Crippen molar-refractivity contribution in [2.24, 2.45) is 0 Å². The molecular weight excluding hydrogens is 293 g/mol. The van der Waals surface area contributed by atoms with Crippen LogP contribution in [-0.2, 0) is 6.54 Å². The van der Waals surface area contributed by atoms with Crippen molar-refractivity contribution in [2.45, 2.75) is 20.4 Å². The summed E-state index contributed by atoms with van der Waals surface area (Å²) < 4.78 is 5.89. The Balaban J connectivity index is 2.23. The zero-order valence-electron chi connectivity index (χ0n) is 11.5. The van der Waals surface area contributed by atoms with Crippen LogP contribution in [0.5, 0.6) is 11.5 Å². The minimum atomic E-state index is 0.564. The predicted molar refractivity (Wildman–Crippen MR) is 85.1 cm³/mol. The fourth-order valence-corrected chi connectivity index (χ4v) is 2.35. The highest BCUT2D eigenvalue weighted by molar-refractivity contribution is 6.34. The molecule has 0 aliphatic rings. The molecule has 4 heteroatoms. The maximum Gasteiger partial charge on any atom is 0.130 e. The molecule has 2 nitrogen and oxygen atoms in total. The second-order valence-corrected chi connectivity index (χ2v) is 5.46. The van der Waals surface area contributed by atoms with Crippen molar-refractivity contribution in [1.29, 1.82) is 0 Å². The lowest BCUT2D eigenvalue weighted by atomic mass is 10.1. The van der Waals surface area contributed by atoms with Crippen molar-refractivity contribution < 1.29 is 4.74 Å². The largest absolute Gasteiger partial charge is 0.457 e. The Hall–Kier alpha value is -1.22. The summed E-state index contributed by atoms with van der Waals surface area (Å²) in [6.45, 7) is 5.86. The molecule has 1 N–H and O–H groups in total. The molecule has 2 aromatic carbocycles. The third-order valence-electron chi connectivity index (χ3n) is 2.90. The Kier molecular flexibility index (Phi) is 5.30. The molecular formula is C16H17Cl2NO. The van der Waals surface area contributed by atoms with Crippen LogP contribution in [0, 0.1) is 6.92 Å². The normalized spacial score (nSPS) is 10.6. The van der Waals surface area contributed by atoms with Crippen LogP contribution >= 0.6 is 23.2 Å². The number of halogens is 2. The van der Waals surface area contributed by atoms with E-state index in [1.165, 1.54) is 5.56 Å². The number of hydrogen-bond donors (Lipinski definition) is 1. The average Bonchev–Trinajstić information content (AvgIpc) is 2.38. The van der Waals surface area contributed by atoms with E-state index in [1.54, 1.807) is 18.2 Å². The van der Waals surface area contributed by atoms with E-state index in [4.69, 9.17) is 27.9 Å². The molecule has 0 aliphatic carbocycles. The quantitative estimate of drug-likeness (QED) is 0.819. The number of nitrogens with one attached hydrogen (secondary N) is 1. The van der Waals surface area contributed by atoms with Crippen LogP contribution in [0.4, 0.5) is 0 Å². The summed E-state index contributed by atoms with van der Waals surface area (Å²) in [5.41, 5.74) is 2.25. The van der Waals surface area contributed by atoms with Crippen LogP contribution in [0.25, 0.3) is 0 Å². The first-order chi connectivity index (χ1) is 9.58. The average molecular weight is 310 g/mol. The zero-order valence-corrected chi connectivity index (χ0v) is 13.1. The Morgan fingerprint density at radius 2 is 1.75 bits per heavy atom. The van der Waals surface area contributed by atoms with Gasteiger partial charge in [0.15, 0.2) is 0 Å². The van der Waals surface area contributed by atoms with Gasteiger partial charge in [-0.05, 0) is 48.9 Å². The van der Waals surface area contributed by atoms with Gasteiger partial charge in [-0.2, -0.15) is 0 Å². The topological polar surface area (TPSA) is 21.3 Å². The monoisotopic (exact) mass is 309 g/mol. The van der Waals surface area contributed by atoms with Crippen molar-refractivity contribution in [3.63, 3.8) is 0 Å². The van der Waals surface area contributed by atoms with Crippen LogP contribution < -0.4 is 10.1 Å². The molecule has 0 unspecified atom stereocenters. The Labute approximate surface area is 129 Å². The third kappa shape index (κ3) is 4.14. The fraction of sp³-hybridized carbons (Fsp3) is 0.250. The number of aryl methyl sites for hydroxylation is 1. The molecule has 2 aromatic rings. The molecule has 0 saturated heterocycles. The SMILES string of the molecule is CCNCc1ccc(C)c(Oc2cc(Cl)cc(Cl)c2)c1. The second-order valence-electron chi connectivity index (χ2n) is 4.59. The highest BCUT2D eigenvalue weighted by atomic mass is 35.5. The fourth-order valence-electron chi connectivity index (χ4n) is 1.85. The van der Waals surface area contributed by atoms with E-state index in [-0.39, 0.29) is 0 Å². The highest BCUT2D eigenvalue weighted by Gasteiger charge is 2.05. The molecule has 0 fully saturated rings. The minimum absolute atomic E-state index is 0.564. The zero-order chi connectivity index (χ0) is 14.5. The number of benzene rings is 2. The molecule has 0 aromatic heterocycles. The summed E-state index contributed by atoms with van der Waals surface area (Å²) in [5.74, 6) is 1.46. The first kappa shape index (κ1) is 15.2. The van der Waals surface area contributed by atoms with Gasteiger partial charge in [0.1, 0.15) is 11.5 Å². The summed E-state index contributed by atoms with van der Waals surface area (Å²) in [5, 5.41) is 4.42. The van der Waals surface area contributed by atoms with Crippen LogP contribution in [0.3, 0.4) is 0 Å². The molecule has 0 heterocycles. The summed E-state index contributed by atoms with van der Waals surface area (Å²) in [6.07, 6.45) is 0. The van der Waals surface area contributed by atoms with Gasteiger partial charge in [0.2, 0.25) is 0 Å². The smallest absolute Gasteiger partial charge is 0.130 e. The van der Waals surface area contributed by atoms with Gasteiger partial charge in [0, 0.05) is 16.6 Å². The first-order valence-corrected chi connectivity index (χ1v) is 7.28. The first-order valence-electron chi connectivity index (χ1n) is 6.52. The Morgan fingerprint density at radius 1 is 1.05 bits per heavy atom. The van der Waals surface area contributed by atoms with Crippen molar-refractivity contribution in [3.8, 4) is 11.5 Å². The van der Waals surface area contributed by atoms with Gasteiger partial charge in [0.25, 0.3) is 0 Å². The van der Waals surface area contributed by atoms with Gasteiger partial charge in [-0.1, -0.05) is 42.3 Å². The molecule has 0 saturated carbocycles. The highest BCUT2D eigenvalue weighted by Crippen LogP contribution is 2.30. The summed E-state index contributed by atoms with van der Waals surface area (Å²) in [4.78, 5) is 0. The van der Waals surface area contributed by atoms with Gasteiger partial charge in [-0.25, -0.2) is 0 Å². The van der Waals surface area contributed by atoms with Crippen LogP contribution in [0.2, 0.25) is 10.0 Å². The maximum atomic E-state index is 5.98. The number of ether oxygens (including phenoxy) is 1. The molecule has 0 atom stereocenters. The number of rotatable bonds is 5. The molecule has 0 bridgehead atoms. The summed E-state index contributed by atoms with van der Waals surface area (Å²) in [6, 6.07) is 11.4. The van der Waals surface area contributed by atoms with Crippen molar-refractivity contribution in [2.75, 3.05) is 6.54 Å². The van der Waals surface area contributed by atoms with E-state index >= 15 is 0 Å². The lowest BCUT2D eigenvalue weighted by Gasteiger charge is -2.11. The molecule has 2 rings (SSSR count). The summed E-state index contributed by atoms with van der Waals surface area (Å²) in [7, 11) is 0. The van der Waals surface area contributed by atoms with E-state index in [0.29, 0.717) is 15.8 Å². The van der Waals surface area contributed by atoms with Crippen molar-refractivity contribution in [3.05, 3.63) is 57.6 Å². The van der Waals surface area contributed by atoms with E-state index in [2.05, 4.69) is 18.3 Å². The maximum absolute atomic E-state index is 5.98. The van der Waals surface area contributed by atoms with Crippen LogP contribution in [-0.4, -0.2) is 6.54 Å². The second kappa shape index (κ2) is 6.98. The lowest BCUT2D eigenvalue weighted by Crippen LogP contribution is -2.11. The molecule has 20 heavy (non-hydrogen) atoms. The molecule has 0 radical (unpaired) electrons. The van der Waals surface area contributed by atoms with Gasteiger partial charge < -0.3 is 10.1 Å². The van der Waals surface area contributed by atoms with E-state index in [0.717, 1.165) is 24.4 Å². The standard InChI is InChI=1S/C16H17Cl2NO/c1-3-19-10-12-5-4-11(2)16(6-12)20-15-8-13(17)7-14(18)9-15/h4-9,19H,3,10H2,1-2H3. The minimum Gasteiger partial charge on any atom is -0.457 e. The molecule has 0 amide bonds. The van der Waals surface area contributed by atoms with Crippen molar-refractivity contribution >= 4 is 23.2 Å². The van der Waals surface area contributed by atoms with E-state index in [1.807, 2.05) is 19.1 Å². The third-order valence-corrected chi connectivity index (χ3v) is 3.33. The molecule has 106 valence electrons. The van der Waals surface area contributed by atoms with Gasteiger partial charge >= 0.3 is 0 Å². The molecule has 0 spiro atoms. The van der Waals surface area contributed by atoms with Gasteiger partial charge in [-0.15, -0.1) is 0 Å². The Bertz CT molecular complexity index is 579. The Morgan fingerprint density at radius 3 is 2.40 bits per heavy atom. The van der Waals surface area contributed by atoms with Crippen LogP contribution in [0.1, 0.15) is 18.1 Å². The lowest BCUT2D eigenvalue weighted by molar-refractivity contribution is 0.478. The number of hydrogen-bond acceptors (Lipinski definition) is 2. The van der Waals surface area contributed by atoms with Crippen molar-refractivity contribution in [1.82, 2.24) is 5.32 Å². The summed E-state index contributed by atoms with van der Waals surface area (Å²) >= 11 is 12.0. The predicted octanol–water partition coefficient (Wildman–Crippen LogP) is 5.20. The van der Waals surface area contributed by atoms with E-state index in [9.17, 15) is 0 Å². The molecule has 0 aliphatic heterocycles.